The van der Waals surface area contributed by atoms with E-state index in [1.807, 2.05) is 13.8 Å². The molecule has 5 heteroatoms. The summed E-state index contributed by atoms with van der Waals surface area (Å²) in [6.07, 6.45) is 1.18. The van der Waals surface area contributed by atoms with Gasteiger partial charge in [-0.15, -0.1) is 0 Å². The lowest BCUT2D eigenvalue weighted by molar-refractivity contribution is -0.173. The average molecular weight is 243 g/mol. The average Bonchev–Trinajstić information content (AvgIpc) is 2.79. The van der Waals surface area contributed by atoms with Crippen LogP contribution in [-0.4, -0.2) is 60.0 Å². The zero-order valence-electron chi connectivity index (χ0n) is 10.5. The molecule has 2 saturated heterocycles. The van der Waals surface area contributed by atoms with Gasteiger partial charge >= 0.3 is 0 Å². The fourth-order valence-corrected chi connectivity index (χ4v) is 2.53. The first-order chi connectivity index (χ1) is 8.02. The molecular formula is C12H21NO4. The maximum atomic E-state index is 12.2. The molecule has 0 bridgehead atoms. The van der Waals surface area contributed by atoms with Crippen LogP contribution in [0.25, 0.3) is 0 Å². The van der Waals surface area contributed by atoms with E-state index in [-0.39, 0.29) is 24.7 Å². The van der Waals surface area contributed by atoms with Crippen molar-refractivity contribution in [3.63, 3.8) is 0 Å². The molecule has 2 atom stereocenters. The molecule has 2 aliphatic heterocycles. The Balaban J connectivity index is 2.01. The van der Waals surface area contributed by atoms with Crippen LogP contribution >= 0.6 is 0 Å². The molecule has 0 spiro atoms. The monoisotopic (exact) mass is 243 g/mol. The third kappa shape index (κ3) is 2.97. The van der Waals surface area contributed by atoms with E-state index in [1.165, 1.54) is 0 Å². The molecule has 2 rings (SSSR count). The summed E-state index contributed by atoms with van der Waals surface area (Å²) in [4.78, 5) is 14.0. The molecule has 17 heavy (non-hydrogen) atoms. The smallest absolute Gasteiger partial charge is 0.251 e. The van der Waals surface area contributed by atoms with Gasteiger partial charge in [0.2, 0.25) is 0 Å². The molecule has 0 aromatic carbocycles. The Hall–Kier alpha value is -0.650. The Morgan fingerprint density at radius 2 is 2.29 bits per heavy atom. The number of nitrogens with zero attached hydrogens (tertiary/aromatic N) is 1. The summed E-state index contributed by atoms with van der Waals surface area (Å²) >= 11 is 0. The van der Waals surface area contributed by atoms with Gasteiger partial charge < -0.3 is 19.5 Å². The number of rotatable bonds is 2. The van der Waals surface area contributed by atoms with E-state index >= 15 is 0 Å². The summed E-state index contributed by atoms with van der Waals surface area (Å²) in [5, 5.41) is 9.19. The van der Waals surface area contributed by atoms with Gasteiger partial charge in [0.25, 0.3) is 5.91 Å². The predicted molar refractivity (Wildman–Crippen MR) is 61.6 cm³/mol. The molecule has 5 nitrogen and oxygen atoms in total. The lowest BCUT2D eigenvalue weighted by Gasteiger charge is -2.42. The number of aliphatic hydroxyl groups excluding tert-OH is 1. The molecule has 1 amide bonds. The minimum atomic E-state index is -0.403. The van der Waals surface area contributed by atoms with Crippen molar-refractivity contribution in [2.75, 3.05) is 26.3 Å². The molecule has 2 aliphatic rings. The van der Waals surface area contributed by atoms with Crippen molar-refractivity contribution in [1.29, 1.82) is 0 Å². The number of hydrogen-bond donors (Lipinski definition) is 1. The second-order valence-electron chi connectivity index (χ2n) is 5.40. The van der Waals surface area contributed by atoms with Gasteiger partial charge in [0.15, 0.2) is 0 Å². The topological polar surface area (TPSA) is 59.0 Å². The summed E-state index contributed by atoms with van der Waals surface area (Å²) in [6, 6.07) is 0. The van der Waals surface area contributed by atoms with Crippen LogP contribution in [0, 0.1) is 0 Å². The molecule has 0 saturated carbocycles. The van der Waals surface area contributed by atoms with Crippen LogP contribution in [0.4, 0.5) is 0 Å². The van der Waals surface area contributed by atoms with Crippen LogP contribution in [0.5, 0.6) is 0 Å². The number of carbonyl (C=O) groups is 1. The number of ether oxygens (including phenoxy) is 2. The predicted octanol–water partition coefficient (Wildman–Crippen LogP) is 0.164. The molecule has 2 fully saturated rings. The highest BCUT2D eigenvalue weighted by atomic mass is 16.5. The van der Waals surface area contributed by atoms with Crippen molar-refractivity contribution in [2.45, 2.75) is 44.5 Å². The number of morpholine rings is 1. The van der Waals surface area contributed by atoms with Crippen molar-refractivity contribution < 1.29 is 19.4 Å². The van der Waals surface area contributed by atoms with Crippen molar-refractivity contribution in [2.24, 2.45) is 0 Å². The van der Waals surface area contributed by atoms with E-state index in [1.54, 1.807) is 4.90 Å². The Bertz CT molecular complexity index is 286. The molecule has 98 valence electrons. The summed E-state index contributed by atoms with van der Waals surface area (Å²) in [5.41, 5.74) is -0.403. The molecule has 0 aromatic rings. The highest BCUT2D eigenvalue weighted by Crippen LogP contribution is 2.23. The molecule has 0 aliphatic carbocycles. The van der Waals surface area contributed by atoms with E-state index in [9.17, 15) is 9.90 Å². The van der Waals surface area contributed by atoms with Crippen molar-refractivity contribution >= 4 is 5.91 Å². The van der Waals surface area contributed by atoms with Gasteiger partial charge in [-0.25, -0.2) is 0 Å². The second kappa shape index (κ2) is 4.92. The molecule has 1 N–H and O–H groups in total. The van der Waals surface area contributed by atoms with Gasteiger partial charge in [-0.05, 0) is 26.7 Å². The normalized spacial score (nSPS) is 32.8. The Morgan fingerprint density at radius 1 is 1.53 bits per heavy atom. The van der Waals surface area contributed by atoms with Crippen LogP contribution in [0.15, 0.2) is 0 Å². The lowest BCUT2D eigenvalue weighted by atomic mass is 10.0. The van der Waals surface area contributed by atoms with Gasteiger partial charge in [-0.2, -0.15) is 0 Å². The van der Waals surface area contributed by atoms with Gasteiger partial charge in [-0.3, -0.25) is 4.79 Å². The van der Waals surface area contributed by atoms with Crippen molar-refractivity contribution in [3.8, 4) is 0 Å². The van der Waals surface area contributed by atoms with Gasteiger partial charge in [0.05, 0.1) is 18.3 Å². The molecular weight excluding hydrogens is 222 g/mol. The van der Waals surface area contributed by atoms with E-state index in [4.69, 9.17) is 9.47 Å². The zero-order chi connectivity index (χ0) is 12.5. The summed E-state index contributed by atoms with van der Waals surface area (Å²) in [7, 11) is 0. The minimum Gasteiger partial charge on any atom is -0.394 e. The number of carbonyl (C=O) groups excluding carboxylic acids is 1. The third-order valence-electron chi connectivity index (χ3n) is 3.20. The van der Waals surface area contributed by atoms with Gasteiger partial charge in [-0.1, -0.05) is 0 Å². The Labute approximate surface area is 102 Å². The Morgan fingerprint density at radius 3 is 2.88 bits per heavy atom. The lowest BCUT2D eigenvalue weighted by Crippen LogP contribution is -2.57. The van der Waals surface area contributed by atoms with Gasteiger partial charge in [0.1, 0.15) is 6.10 Å². The number of hydrogen-bond acceptors (Lipinski definition) is 4. The van der Waals surface area contributed by atoms with Gasteiger partial charge in [0, 0.05) is 19.7 Å². The Kier molecular flexibility index (Phi) is 3.70. The van der Waals surface area contributed by atoms with E-state index in [2.05, 4.69) is 0 Å². The first-order valence-electron chi connectivity index (χ1n) is 6.21. The second-order valence-corrected chi connectivity index (χ2v) is 5.40. The van der Waals surface area contributed by atoms with E-state index in [0.29, 0.717) is 19.7 Å². The fourth-order valence-electron chi connectivity index (χ4n) is 2.53. The fraction of sp³-hybridized carbons (Fsp3) is 0.917. The highest BCUT2D eigenvalue weighted by molar-refractivity contribution is 5.81. The third-order valence-corrected chi connectivity index (χ3v) is 3.20. The largest absolute Gasteiger partial charge is 0.394 e. The van der Waals surface area contributed by atoms with Crippen LogP contribution in [0.3, 0.4) is 0 Å². The maximum Gasteiger partial charge on any atom is 0.251 e. The summed E-state index contributed by atoms with van der Waals surface area (Å²) in [6.45, 7) is 5.50. The number of aliphatic hydroxyl groups is 1. The molecule has 1 unspecified atom stereocenters. The van der Waals surface area contributed by atoms with Crippen LogP contribution in [0.2, 0.25) is 0 Å². The SMILES string of the molecule is CC1(C)CN(C(=O)[C@@H]2CCCO2)CC(CO)O1. The molecule has 2 heterocycles. The van der Waals surface area contributed by atoms with E-state index in [0.717, 1.165) is 12.8 Å². The van der Waals surface area contributed by atoms with Crippen molar-refractivity contribution in [3.05, 3.63) is 0 Å². The maximum absolute atomic E-state index is 12.2. The van der Waals surface area contributed by atoms with Crippen molar-refractivity contribution in [1.82, 2.24) is 4.90 Å². The molecule has 0 aromatic heterocycles. The number of amides is 1. The van der Waals surface area contributed by atoms with Crippen LogP contribution in [0.1, 0.15) is 26.7 Å². The first kappa shape index (κ1) is 12.8. The zero-order valence-corrected chi connectivity index (χ0v) is 10.5. The molecule has 0 radical (unpaired) electrons. The summed E-state index contributed by atoms with van der Waals surface area (Å²) in [5.74, 6) is 0.0392. The standard InChI is InChI=1S/C12H21NO4/c1-12(2)8-13(6-9(7-14)17-12)11(15)10-4-3-5-16-10/h9-10,14H,3-8H2,1-2H3/t9?,10-/m0/s1. The highest BCUT2D eigenvalue weighted by Gasteiger charge is 2.38. The van der Waals surface area contributed by atoms with Crippen LogP contribution < -0.4 is 0 Å². The minimum absolute atomic E-state index is 0.0392. The van der Waals surface area contributed by atoms with Crippen LogP contribution in [-0.2, 0) is 14.3 Å². The first-order valence-corrected chi connectivity index (χ1v) is 6.21. The quantitative estimate of drug-likeness (QED) is 0.751. The summed E-state index contributed by atoms with van der Waals surface area (Å²) < 4.78 is 11.1. The van der Waals surface area contributed by atoms with E-state index < -0.39 is 5.60 Å².